The highest BCUT2D eigenvalue weighted by molar-refractivity contribution is 5.84. The molecular weight excluding hydrogens is 554 g/mol. The van der Waals surface area contributed by atoms with Crippen LogP contribution in [0.15, 0.2) is 81.7 Å². The molecule has 8 heteroatoms. The van der Waals surface area contributed by atoms with Crippen molar-refractivity contribution >= 4 is 22.8 Å². The molecule has 5 aromatic rings. The molecule has 1 fully saturated rings. The monoisotopic (exact) mass is 591 g/mol. The van der Waals surface area contributed by atoms with Gasteiger partial charge in [0.2, 0.25) is 5.91 Å². The van der Waals surface area contributed by atoms with Crippen LogP contribution in [-0.2, 0) is 21.5 Å². The van der Waals surface area contributed by atoms with Crippen molar-refractivity contribution in [2.24, 2.45) is 5.92 Å². The van der Waals surface area contributed by atoms with E-state index in [1.54, 1.807) is 0 Å². The number of carbonyl (C=O) groups is 2. The Morgan fingerprint density at radius 1 is 1.02 bits per heavy atom. The van der Waals surface area contributed by atoms with Gasteiger partial charge in [-0.15, -0.1) is 0 Å². The van der Waals surface area contributed by atoms with Crippen molar-refractivity contribution in [3.63, 3.8) is 0 Å². The summed E-state index contributed by atoms with van der Waals surface area (Å²) in [5.41, 5.74) is 6.79. The van der Waals surface area contributed by atoms with E-state index in [1.807, 2.05) is 75.4 Å². The Balaban J connectivity index is 1.28. The van der Waals surface area contributed by atoms with Crippen LogP contribution in [0, 0.1) is 33.6 Å². The Morgan fingerprint density at radius 3 is 2.43 bits per heavy atom. The van der Waals surface area contributed by atoms with Gasteiger partial charge in [0, 0.05) is 24.0 Å². The Morgan fingerprint density at radius 2 is 1.77 bits per heavy atom. The minimum Gasteiger partial charge on any atom is -0.481 e. The number of nitrogens with zero attached hydrogens (tertiary/aromatic N) is 2. The number of fused-ring (bicyclic) bond motifs is 1. The van der Waals surface area contributed by atoms with Crippen molar-refractivity contribution in [1.29, 1.82) is 0 Å². The topological polar surface area (TPSA) is 109 Å². The van der Waals surface area contributed by atoms with Crippen molar-refractivity contribution in [2.75, 3.05) is 13.1 Å². The lowest BCUT2D eigenvalue weighted by Gasteiger charge is -2.48. The third-order valence-corrected chi connectivity index (χ3v) is 8.98. The third-order valence-electron chi connectivity index (χ3n) is 8.98. The Labute approximate surface area is 256 Å². The van der Waals surface area contributed by atoms with Gasteiger partial charge in [-0.05, 0) is 75.1 Å². The summed E-state index contributed by atoms with van der Waals surface area (Å²) >= 11 is 0. The molecule has 1 saturated heterocycles. The van der Waals surface area contributed by atoms with E-state index >= 15 is 0 Å². The van der Waals surface area contributed by atoms with Gasteiger partial charge in [0.15, 0.2) is 0 Å². The summed E-state index contributed by atoms with van der Waals surface area (Å²) in [4.78, 5) is 27.2. The predicted octanol–water partition coefficient (Wildman–Crippen LogP) is 6.38. The quantitative estimate of drug-likeness (QED) is 0.205. The van der Waals surface area contributed by atoms with Crippen LogP contribution in [0.2, 0.25) is 0 Å². The molecule has 3 aromatic carbocycles. The second-order valence-corrected chi connectivity index (χ2v) is 12.1. The molecule has 44 heavy (non-hydrogen) atoms. The van der Waals surface area contributed by atoms with Crippen molar-refractivity contribution in [1.82, 2.24) is 15.4 Å². The summed E-state index contributed by atoms with van der Waals surface area (Å²) in [5, 5.41) is 17.9. The predicted molar refractivity (Wildman–Crippen MR) is 167 cm³/mol. The average molecular weight is 592 g/mol. The zero-order chi connectivity index (χ0) is 31.2. The van der Waals surface area contributed by atoms with Crippen LogP contribution in [0.5, 0.6) is 0 Å². The lowest BCUT2D eigenvalue weighted by molar-refractivity contribution is -0.150. The van der Waals surface area contributed by atoms with E-state index in [9.17, 15) is 14.7 Å². The largest absolute Gasteiger partial charge is 0.481 e. The Bertz CT molecular complexity index is 1830. The van der Waals surface area contributed by atoms with Gasteiger partial charge >= 0.3 is 5.97 Å². The molecule has 1 aliphatic heterocycles. The minimum absolute atomic E-state index is 0.0808. The first-order valence-corrected chi connectivity index (χ1v) is 14.9. The summed E-state index contributed by atoms with van der Waals surface area (Å²) in [6, 6.07) is 23.8. The molecule has 2 aromatic heterocycles. The smallest absolute Gasteiger partial charge is 0.309 e. The number of rotatable bonds is 9. The molecule has 1 aliphatic rings. The van der Waals surface area contributed by atoms with Gasteiger partial charge in [0.1, 0.15) is 22.6 Å². The summed E-state index contributed by atoms with van der Waals surface area (Å²) in [7, 11) is 0. The number of hydrogen-bond donors (Lipinski definition) is 2. The van der Waals surface area contributed by atoms with Crippen molar-refractivity contribution in [3.05, 3.63) is 123 Å². The zero-order valence-corrected chi connectivity index (χ0v) is 25.7. The molecule has 6 rings (SSSR count). The molecule has 1 amide bonds. The van der Waals surface area contributed by atoms with Crippen LogP contribution < -0.4 is 5.32 Å². The number of aryl methyl sites for hydroxylation is 4. The van der Waals surface area contributed by atoms with Crippen LogP contribution in [0.1, 0.15) is 63.6 Å². The first-order valence-electron chi connectivity index (χ1n) is 14.9. The number of carboxylic acids is 1. The number of amides is 1. The minimum atomic E-state index is -0.804. The summed E-state index contributed by atoms with van der Waals surface area (Å²) in [6.07, 6.45) is 0.207. The summed E-state index contributed by atoms with van der Waals surface area (Å²) in [5.74, 6) is 0.0158. The Hall–Kier alpha value is -4.69. The highest BCUT2D eigenvalue weighted by Gasteiger charge is 2.49. The maximum atomic E-state index is 13.5. The molecule has 226 valence electrons. The summed E-state index contributed by atoms with van der Waals surface area (Å²) in [6.45, 7) is 10.7. The standard InChI is InChI=1S/C36H37N3O5/c1-21-11-13-29(22(2)15-21)34(26-9-7-6-8-10-26)37-32(40)17-25-12-14-30-27(16-25)18-31(43-30)36(5,33-23(3)38-44-24(33)4)39-19-28(20-39)35(41)42/h6-16,18,28,34H,17,19-20H2,1-5H3,(H,37,40)(H,41,42). The van der Waals surface area contributed by atoms with Crippen LogP contribution in [0.25, 0.3) is 11.0 Å². The maximum absolute atomic E-state index is 13.5. The Kier molecular flexibility index (Phi) is 7.63. The van der Waals surface area contributed by atoms with Crippen LogP contribution in [0.3, 0.4) is 0 Å². The fourth-order valence-corrected chi connectivity index (χ4v) is 6.59. The van der Waals surface area contributed by atoms with Crippen LogP contribution in [0.4, 0.5) is 0 Å². The van der Waals surface area contributed by atoms with E-state index < -0.39 is 17.4 Å². The first kappa shape index (κ1) is 29.4. The van der Waals surface area contributed by atoms with Gasteiger partial charge in [-0.25, -0.2) is 0 Å². The average Bonchev–Trinajstić information content (AvgIpc) is 3.54. The SMILES string of the molecule is Cc1ccc(C(NC(=O)Cc2ccc3oc(C(C)(c4c(C)noc4C)N4CC(C(=O)O)C4)cc3c2)c2ccccc2)c(C)c1. The number of benzene rings is 3. The van der Waals surface area contributed by atoms with E-state index in [2.05, 4.69) is 47.4 Å². The van der Waals surface area contributed by atoms with E-state index in [0.717, 1.165) is 38.9 Å². The lowest BCUT2D eigenvalue weighted by atomic mass is 9.81. The second-order valence-electron chi connectivity index (χ2n) is 12.1. The molecular formula is C36H37N3O5. The van der Waals surface area contributed by atoms with Gasteiger partial charge in [-0.3, -0.25) is 14.5 Å². The number of aromatic nitrogens is 1. The van der Waals surface area contributed by atoms with E-state index in [1.165, 1.54) is 5.56 Å². The number of carboxylic acid groups (broad SMARTS) is 1. The van der Waals surface area contributed by atoms with Crippen molar-refractivity contribution in [3.8, 4) is 0 Å². The van der Waals surface area contributed by atoms with Gasteiger partial charge in [-0.1, -0.05) is 65.3 Å². The number of furan rings is 1. The van der Waals surface area contributed by atoms with Crippen molar-refractivity contribution in [2.45, 2.75) is 52.6 Å². The zero-order valence-electron chi connectivity index (χ0n) is 25.7. The molecule has 0 saturated carbocycles. The van der Waals surface area contributed by atoms with Gasteiger partial charge in [0.05, 0.1) is 24.1 Å². The van der Waals surface area contributed by atoms with Crippen LogP contribution >= 0.6 is 0 Å². The first-order chi connectivity index (χ1) is 21.0. The maximum Gasteiger partial charge on any atom is 0.309 e. The fourth-order valence-electron chi connectivity index (χ4n) is 6.59. The van der Waals surface area contributed by atoms with E-state index in [4.69, 9.17) is 8.94 Å². The van der Waals surface area contributed by atoms with Crippen molar-refractivity contribution < 1.29 is 23.6 Å². The van der Waals surface area contributed by atoms with Gasteiger partial charge < -0.3 is 19.4 Å². The number of aliphatic carboxylic acids is 1. The number of likely N-dealkylation sites (tertiary alicyclic amines) is 1. The molecule has 2 N–H and O–H groups in total. The van der Waals surface area contributed by atoms with E-state index in [0.29, 0.717) is 30.2 Å². The molecule has 8 nitrogen and oxygen atoms in total. The number of hydrogen-bond acceptors (Lipinski definition) is 6. The molecule has 0 spiro atoms. The lowest BCUT2D eigenvalue weighted by Crippen LogP contribution is -2.59. The highest BCUT2D eigenvalue weighted by atomic mass is 16.5. The van der Waals surface area contributed by atoms with Gasteiger partial charge in [-0.2, -0.15) is 0 Å². The summed E-state index contributed by atoms with van der Waals surface area (Å²) < 4.78 is 11.9. The molecule has 0 radical (unpaired) electrons. The van der Waals surface area contributed by atoms with Crippen LogP contribution in [-0.4, -0.2) is 40.1 Å². The molecule has 2 atom stereocenters. The molecule has 0 aliphatic carbocycles. The molecule has 2 unspecified atom stereocenters. The third kappa shape index (κ3) is 5.30. The normalized spacial score (nSPS) is 15.9. The highest BCUT2D eigenvalue weighted by Crippen LogP contribution is 2.44. The second kappa shape index (κ2) is 11.4. The number of carbonyl (C=O) groups excluding carboxylic acids is 1. The number of nitrogens with one attached hydrogen (secondary N) is 1. The fraction of sp³-hybridized carbons (Fsp3) is 0.306. The van der Waals surface area contributed by atoms with Gasteiger partial charge in [0.25, 0.3) is 0 Å². The molecule has 0 bridgehead atoms. The van der Waals surface area contributed by atoms with E-state index in [-0.39, 0.29) is 18.4 Å². The molecule has 3 heterocycles.